The Labute approximate surface area is 125 Å². The van der Waals surface area contributed by atoms with Crippen molar-refractivity contribution in [1.29, 1.82) is 0 Å². The fourth-order valence-corrected chi connectivity index (χ4v) is 2.63. The third-order valence-electron chi connectivity index (χ3n) is 3.44. The molecule has 0 atom stereocenters. The lowest BCUT2D eigenvalue weighted by Gasteiger charge is -2.12. The fraction of sp³-hybridized carbons (Fsp3) is 0.222. The number of rotatable bonds is 2. The maximum atomic E-state index is 4.52. The summed E-state index contributed by atoms with van der Waals surface area (Å²) in [6.07, 6.45) is 0. The number of hydrogen-bond donors (Lipinski definition) is 1. The summed E-state index contributed by atoms with van der Waals surface area (Å²) in [5.41, 5.74) is 7.39. The van der Waals surface area contributed by atoms with E-state index in [-0.39, 0.29) is 0 Å². The van der Waals surface area contributed by atoms with E-state index in [0.29, 0.717) is 0 Å². The summed E-state index contributed by atoms with van der Waals surface area (Å²) in [6.45, 7) is 8.20. The Morgan fingerprint density at radius 3 is 2.14 bits per heavy atom. The molecule has 1 aromatic carbocycles. The minimum atomic E-state index is 0.793. The van der Waals surface area contributed by atoms with E-state index in [4.69, 9.17) is 0 Å². The van der Waals surface area contributed by atoms with Crippen LogP contribution in [0.15, 0.2) is 36.4 Å². The van der Waals surface area contributed by atoms with E-state index in [1.165, 1.54) is 11.1 Å². The van der Waals surface area contributed by atoms with Gasteiger partial charge in [0.05, 0.1) is 5.69 Å². The van der Waals surface area contributed by atoms with Crippen LogP contribution in [0.1, 0.15) is 22.5 Å². The van der Waals surface area contributed by atoms with Crippen LogP contribution in [0.25, 0.3) is 11.0 Å². The first-order chi connectivity index (χ1) is 10.0. The quantitative estimate of drug-likeness (QED) is 0.743. The summed E-state index contributed by atoms with van der Waals surface area (Å²) in [4.78, 5) is 9.05. The Morgan fingerprint density at radius 1 is 0.762 bits per heavy atom. The van der Waals surface area contributed by atoms with Crippen LogP contribution >= 0.6 is 0 Å². The predicted molar refractivity (Wildman–Crippen MR) is 88.2 cm³/mol. The van der Waals surface area contributed by atoms with Crippen LogP contribution in [-0.4, -0.2) is 9.97 Å². The number of nitrogens with zero attached hydrogens (tertiary/aromatic N) is 2. The highest BCUT2D eigenvalue weighted by Crippen LogP contribution is 2.26. The van der Waals surface area contributed by atoms with Crippen molar-refractivity contribution < 1.29 is 0 Å². The Hall–Kier alpha value is -2.42. The molecular weight excluding hydrogens is 258 g/mol. The van der Waals surface area contributed by atoms with Gasteiger partial charge >= 0.3 is 0 Å². The van der Waals surface area contributed by atoms with Gasteiger partial charge in [0.2, 0.25) is 0 Å². The average molecular weight is 277 g/mol. The van der Waals surface area contributed by atoms with Crippen LogP contribution in [0.5, 0.6) is 0 Å². The van der Waals surface area contributed by atoms with Gasteiger partial charge in [-0.05, 0) is 69.2 Å². The van der Waals surface area contributed by atoms with E-state index in [1.54, 1.807) is 0 Å². The van der Waals surface area contributed by atoms with Crippen LogP contribution in [0, 0.1) is 27.7 Å². The number of benzene rings is 1. The number of aromatic nitrogens is 2. The number of nitrogens with one attached hydrogen (secondary N) is 1. The molecule has 0 unspecified atom stereocenters. The van der Waals surface area contributed by atoms with Gasteiger partial charge in [-0.25, -0.2) is 9.97 Å². The smallest absolute Gasteiger partial charge is 0.161 e. The van der Waals surface area contributed by atoms with Crippen LogP contribution in [0.3, 0.4) is 0 Å². The van der Waals surface area contributed by atoms with Crippen LogP contribution in [0.4, 0.5) is 11.4 Å². The maximum Gasteiger partial charge on any atom is 0.161 e. The minimum Gasteiger partial charge on any atom is -0.355 e. The van der Waals surface area contributed by atoms with E-state index < -0.39 is 0 Å². The van der Waals surface area contributed by atoms with Gasteiger partial charge in [0, 0.05) is 22.5 Å². The van der Waals surface area contributed by atoms with Gasteiger partial charge in [0.1, 0.15) is 0 Å². The maximum absolute atomic E-state index is 4.52. The molecule has 0 bridgehead atoms. The third kappa shape index (κ3) is 2.87. The first kappa shape index (κ1) is 13.6. The number of fused-ring (bicyclic) bond motifs is 1. The van der Waals surface area contributed by atoms with Crippen LogP contribution in [-0.2, 0) is 0 Å². The van der Waals surface area contributed by atoms with E-state index in [1.807, 2.05) is 19.9 Å². The Bertz CT molecular complexity index is 797. The molecule has 0 aliphatic carbocycles. The second kappa shape index (κ2) is 5.17. The second-order valence-corrected chi connectivity index (χ2v) is 5.64. The summed E-state index contributed by atoms with van der Waals surface area (Å²) in [5, 5.41) is 4.56. The number of pyridine rings is 2. The summed E-state index contributed by atoms with van der Waals surface area (Å²) >= 11 is 0. The SMILES string of the molecule is Cc1cc(C)cc(Nc2cc(C)nc3nc(C)ccc23)c1. The standard InChI is InChI=1S/C18H19N3/c1-11-7-12(2)9-15(8-11)21-17-10-14(4)20-18-16(17)6-5-13(3)19-18/h5-10H,1-4H3,(H,19,20,21). The normalized spacial score (nSPS) is 10.9. The largest absolute Gasteiger partial charge is 0.355 e. The molecule has 3 nitrogen and oxygen atoms in total. The van der Waals surface area contributed by atoms with Crippen LogP contribution in [0.2, 0.25) is 0 Å². The van der Waals surface area contributed by atoms with Crippen molar-refractivity contribution >= 4 is 22.4 Å². The molecule has 0 spiro atoms. The zero-order valence-corrected chi connectivity index (χ0v) is 12.9. The summed E-state index contributed by atoms with van der Waals surface area (Å²) in [5.74, 6) is 0. The van der Waals surface area contributed by atoms with Crippen molar-refractivity contribution in [2.24, 2.45) is 0 Å². The average Bonchev–Trinajstić information content (AvgIpc) is 2.36. The van der Waals surface area contributed by atoms with Gasteiger partial charge in [-0.15, -0.1) is 0 Å². The lowest BCUT2D eigenvalue weighted by molar-refractivity contribution is 1.16. The fourth-order valence-electron chi connectivity index (χ4n) is 2.63. The van der Waals surface area contributed by atoms with Crippen molar-refractivity contribution in [2.45, 2.75) is 27.7 Å². The van der Waals surface area contributed by atoms with E-state index in [2.05, 4.69) is 59.5 Å². The lowest BCUT2D eigenvalue weighted by Crippen LogP contribution is -1.97. The van der Waals surface area contributed by atoms with Gasteiger partial charge in [-0.1, -0.05) is 6.07 Å². The highest BCUT2D eigenvalue weighted by Gasteiger charge is 2.06. The van der Waals surface area contributed by atoms with Crippen molar-refractivity contribution in [3.63, 3.8) is 0 Å². The molecule has 1 N–H and O–H groups in total. The second-order valence-electron chi connectivity index (χ2n) is 5.64. The molecule has 0 aliphatic heterocycles. The molecule has 0 amide bonds. The van der Waals surface area contributed by atoms with Crippen molar-refractivity contribution in [1.82, 2.24) is 9.97 Å². The van der Waals surface area contributed by atoms with Crippen LogP contribution < -0.4 is 5.32 Å². The molecule has 21 heavy (non-hydrogen) atoms. The molecule has 0 fully saturated rings. The highest BCUT2D eigenvalue weighted by molar-refractivity contribution is 5.91. The Balaban J connectivity index is 2.11. The topological polar surface area (TPSA) is 37.8 Å². The zero-order chi connectivity index (χ0) is 15.0. The number of hydrogen-bond acceptors (Lipinski definition) is 3. The molecule has 3 heteroatoms. The number of aryl methyl sites for hydroxylation is 4. The Morgan fingerprint density at radius 2 is 1.43 bits per heavy atom. The lowest BCUT2D eigenvalue weighted by atomic mass is 10.1. The molecule has 0 saturated carbocycles. The van der Waals surface area contributed by atoms with Crippen molar-refractivity contribution in [3.05, 3.63) is 58.9 Å². The molecule has 3 aromatic rings. The first-order valence-corrected chi connectivity index (χ1v) is 7.11. The molecule has 2 heterocycles. The van der Waals surface area contributed by atoms with E-state index >= 15 is 0 Å². The monoisotopic (exact) mass is 277 g/mol. The molecule has 3 rings (SSSR count). The molecule has 0 aliphatic rings. The summed E-state index contributed by atoms with van der Waals surface area (Å²) < 4.78 is 0. The highest BCUT2D eigenvalue weighted by atomic mass is 14.9. The molecule has 0 radical (unpaired) electrons. The number of anilines is 2. The summed E-state index contributed by atoms with van der Waals surface area (Å²) in [7, 11) is 0. The van der Waals surface area contributed by atoms with Gasteiger partial charge in [-0.3, -0.25) is 0 Å². The molecule has 2 aromatic heterocycles. The molecule has 0 saturated heterocycles. The van der Waals surface area contributed by atoms with Gasteiger partial charge < -0.3 is 5.32 Å². The first-order valence-electron chi connectivity index (χ1n) is 7.11. The minimum absolute atomic E-state index is 0.793. The third-order valence-corrected chi connectivity index (χ3v) is 3.44. The zero-order valence-electron chi connectivity index (χ0n) is 12.9. The van der Waals surface area contributed by atoms with E-state index in [9.17, 15) is 0 Å². The van der Waals surface area contributed by atoms with Gasteiger partial charge in [-0.2, -0.15) is 0 Å². The van der Waals surface area contributed by atoms with Crippen molar-refractivity contribution in [3.8, 4) is 0 Å². The molecular formula is C18H19N3. The molecule has 106 valence electrons. The van der Waals surface area contributed by atoms with Gasteiger partial charge in [0.25, 0.3) is 0 Å². The summed E-state index contributed by atoms with van der Waals surface area (Å²) in [6, 6.07) is 12.6. The van der Waals surface area contributed by atoms with Gasteiger partial charge in [0.15, 0.2) is 5.65 Å². The van der Waals surface area contributed by atoms with E-state index in [0.717, 1.165) is 33.8 Å². The van der Waals surface area contributed by atoms with Crippen molar-refractivity contribution in [2.75, 3.05) is 5.32 Å². The predicted octanol–water partition coefficient (Wildman–Crippen LogP) is 4.61. The Kier molecular flexibility index (Phi) is 3.34.